The third-order valence-corrected chi connectivity index (χ3v) is 6.34. The quantitative estimate of drug-likeness (QED) is 0.775. The Labute approximate surface area is 181 Å². The van der Waals surface area contributed by atoms with Crippen LogP contribution in [0.5, 0.6) is 5.75 Å². The summed E-state index contributed by atoms with van der Waals surface area (Å²) in [5.41, 5.74) is -0.816. The number of halogens is 2. The summed E-state index contributed by atoms with van der Waals surface area (Å²) >= 11 is 0. The van der Waals surface area contributed by atoms with E-state index in [9.17, 15) is 23.2 Å². The zero-order valence-electron chi connectivity index (χ0n) is 17.3. The summed E-state index contributed by atoms with van der Waals surface area (Å²) in [4.78, 5) is 40.7. The average molecular weight is 445 g/mol. The summed E-state index contributed by atoms with van der Waals surface area (Å²) < 4.78 is 39.8. The minimum atomic E-state index is -0.806. The number of nitrogens with zero attached hydrogens (tertiary/aromatic N) is 2. The smallest absolute Gasteiger partial charge is 0.276 e. The standard InChI is InChI=1S/C22H21F2N3O5/c1-31-20-18-22(30)27-13-4-5-14(7-13)32-17(27)10-26(18)9-15(19(20)28)21(29)25-8-11-2-3-12(23)6-16(11)24/h2-3,6,9,13-14,17H,4-5,7-8,10H2,1H3,(H,25,29)/t13-,14+,17+/m0/s1. The number of carbonyl (C=O) groups excluding carboxylic acids is 2. The highest BCUT2D eigenvalue weighted by molar-refractivity contribution is 5.99. The number of amides is 2. The molecule has 1 N–H and O–H groups in total. The Morgan fingerprint density at radius 1 is 1.28 bits per heavy atom. The van der Waals surface area contributed by atoms with E-state index in [2.05, 4.69) is 5.32 Å². The highest BCUT2D eigenvalue weighted by Crippen LogP contribution is 2.38. The van der Waals surface area contributed by atoms with Crippen LogP contribution in [0.4, 0.5) is 8.78 Å². The van der Waals surface area contributed by atoms with Gasteiger partial charge in [-0.3, -0.25) is 14.4 Å². The molecule has 8 nitrogen and oxygen atoms in total. The lowest BCUT2D eigenvalue weighted by Gasteiger charge is -2.44. The van der Waals surface area contributed by atoms with Gasteiger partial charge in [-0.1, -0.05) is 6.07 Å². The van der Waals surface area contributed by atoms with E-state index in [-0.39, 0.29) is 53.7 Å². The van der Waals surface area contributed by atoms with Crippen molar-refractivity contribution in [3.63, 3.8) is 0 Å². The number of aromatic nitrogens is 1. The van der Waals surface area contributed by atoms with Crippen molar-refractivity contribution in [1.29, 1.82) is 0 Å². The SMILES string of the molecule is COc1c2n(cc(C(=O)NCc3ccc(F)cc3F)c1=O)C[C@H]1O[C@@H]3CC[C@@H](C3)N1C2=O. The van der Waals surface area contributed by atoms with Gasteiger partial charge in [-0.05, 0) is 25.3 Å². The van der Waals surface area contributed by atoms with Crippen molar-refractivity contribution < 1.29 is 27.8 Å². The minimum absolute atomic E-state index is 0.0633. The molecule has 2 bridgehead atoms. The van der Waals surface area contributed by atoms with Crippen LogP contribution in [-0.2, 0) is 17.8 Å². The third-order valence-electron chi connectivity index (χ3n) is 6.34. The molecule has 1 aromatic carbocycles. The first kappa shape index (κ1) is 20.6. The number of hydrogen-bond acceptors (Lipinski definition) is 5. The number of hydrogen-bond donors (Lipinski definition) is 1. The van der Waals surface area contributed by atoms with Crippen LogP contribution in [0.25, 0.3) is 0 Å². The first-order valence-electron chi connectivity index (χ1n) is 10.4. The van der Waals surface area contributed by atoms with Gasteiger partial charge < -0.3 is 24.3 Å². The van der Waals surface area contributed by atoms with E-state index in [0.717, 1.165) is 25.3 Å². The molecule has 3 atom stereocenters. The molecule has 168 valence electrons. The Bertz CT molecular complexity index is 1180. The van der Waals surface area contributed by atoms with Crippen molar-refractivity contribution in [1.82, 2.24) is 14.8 Å². The molecular formula is C22H21F2N3O5. The second kappa shape index (κ2) is 7.70. The number of ether oxygens (including phenoxy) is 2. The Morgan fingerprint density at radius 2 is 2.09 bits per heavy atom. The van der Waals surface area contributed by atoms with E-state index in [1.807, 2.05) is 0 Å². The van der Waals surface area contributed by atoms with Crippen molar-refractivity contribution in [3.05, 3.63) is 63.1 Å². The number of benzene rings is 1. The van der Waals surface area contributed by atoms with E-state index >= 15 is 0 Å². The van der Waals surface area contributed by atoms with Gasteiger partial charge in [-0.15, -0.1) is 0 Å². The van der Waals surface area contributed by atoms with Crippen LogP contribution in [0.1, 0.15) is 45.7 Å². The predicted octanol–water partition coefficient (Wildman–Crippen LogP) is 1.80. The molecule has 3 heterocycles. The summed E-state index contributed by atoms with van der Waals surface area (Å²) in [5.74, 6) is -2.87. The van der Waals surface area contributed by atoms with Crippen LogP contribution in [0.15, 0.2) is 29.2 Å². The molecule has 2 fully saturated rings. The number of carbonyl (C=O) groups is 2. The monoisotopic (exact) mass is 445 g/mol. The molecule has 32 heavy (non-hydrogen) atoms. The third kappa shape index (κ3) is 3.26. The van der Waals surface area contributed by atoms with Crippen LogP contribution in [0.2, 0.25) is 0 Å². The largest absolute Gasteiger partial charge is 0.491 e. The molecule has 1 saturated heterocycles. The molecule has 0 radical (unpaired) electrons. The summed E-state index contributed by atoms with van der Waals surface area (Å²) in [6.45, 7) is 0.0217. The number of fused-ring (bicyclic) bond motifs is 5. The molecular weight excluding hydrogens is 424 g/mol. The molecule has 1 saturated carbocycles. The van der Waals surface area contributed by atoms with Gasteiger partial charge >= 0.3 is 0 Å². The lowest BCUT2D eigenvalue weighted by Crippen LogP contribution is -2.57. The highest BCUT2D eigenvalue weighted by Gasteiger charge is 2.47. The Hall–Kier alpha value is -3.27. The molecule has 2 amide bonds. The fourth-order valence-electron chi connectivity index (χ4n) is 4.82. The van der Waals surface area contributed by atoms with E-state index in [0.29, 0.717) is 6.07 Å². The van der Waals surface area contributed by atoms with Gasteiger partial charge in [0.15, 0.2) is 17.7 Å². The zero-order chi connectivity index (χ0) is 22.6. The lowest BCUT2D eigenvalue weighted by atomic mass is 10.1. The predicted molar refractivity (Wildman–Crippen MR) is 107 cm³/mol. The first-order valence-corrected chi connectivity index (χ1v) is 10.4. The molecule has 5 rings (SSSR count). The summed E-state index contributed by atoms with van der Waals surface area (Å²) in [6.07, 6.45) is 3.44. The second-order valence-electron chi connectivity index (χ2n) is 8.22. The van der Waals surface area contributed by atoms with E-state index in [4.69, 9.17) is 9.47 Å². The van der Waals surface area contributed by atoms with Gasteiger partial charge in [-0.25, -0.2) is 8.78 Å². The molecule has 2 aromatic rings. The number of pyridine rings is 1. The van der Waals surface area contributed by atoms with Crippen LogP contribution in [-0.4, -0.2) is 46.8 Å². The molecule has 3 aliphatic rings. The van der Waals surface area contributed by atoms with Gasteiger partial charge in [0.25, 0.3) is 11.8 Å². The molecule has 1 aliphatic carbocycles. The average Bonchev–Trinajstić information content (AvgIpc) is 3.13. The Kier molecular flexibility index (Phi) is 4.96. The van der Waals surface area contributed by atoms with E-state index in [1.54, 1.807) is 4.90 Å². The lowest BCUT2D eigenvalue weighted by molar-refractivity contribution is -0.132. The second-order valence-corrected chi connectivity index (χ2v) is 8.22. The maximum atomic E-state index is 13.9. The molecule has 2 aliphatic heterocycles. The van der Waals surface area contributed by atoms with Gasteiger partial charge in [0.05, 0.1) is 19.8 Å². The van der Waals surface area contributed by atoms with Crippen molar-refractivity contribution >= 4 is 11.8 Å². The summed E-state index contributed by atoms with van der Waals surface area (Å²) in [6, 6.07) is 3.07. The van der Waals surface area contributed by atoms with Crippen molar-refractivity contribution in [2.45, 2.75) is 50.7 Å². The van der Waals surface area contributed by atoms with Crippen molar-refractivity contribution in [2.24, 2.45) is 0 Å². The number of rotatable bonds is 4. The molecule has 1 aromatic heterocycles. The Morgan fingerprint density at radius 3 is 2.84 bits per heavy atom. The van der Waals surface area contributed by atoms with E-state index in [1.165, 1.54) is 23.9 Å². The van der Waals surface area contributed by atoms with Crippen LogP contribution < -0.4 is 15.5 Å². The fourth-order valence-corrected chi connectivity index (χ4v) is 4.82. The number of methoxy groups -OCH3 is 1. The highest BCUT2D eigenvalue weighted by atomic mass is 19.1. The first-order chi connectivity index (χ1) is 15.4. The van der Waals surface area contributed by atoms with Crippen LogP contribution >= 0.6 is 0 Å². The van der Waals surface area contributed by atoms with Crippen molar-refractivity contribution in [2.75, 3.05) is 7.11 Å². The van der Waals surface area contributed by atoms with Gasteiger partial charge in [-0.2, -0.15) is 0 Å². The minimum Gasteiger partial charge on any atom is -0.491 e. The maximum absolute atomic E-state index is 13.9. The van der Waals surface area contributed by atoms with Gasteiger partial charge in [0.1, 0.15) is 17.2 Å². The van der Waals surface area contributed by atoms with Crippen molar-refractivity contribution in [3.8, 4) is 5.75 Å². The molecule has 10 heteroatoms. The molecule has 0 unspecified atom stereocenters. The summed E-state index contributed by atoms with van der Waals surface area (Å²) in [5, 5.41) is 2.47. The van der Waals surface area contributed by atoms with Crippen LogP contribution in [0.3, 0.4) is 0 Å². The van der Waals surface area contributed by atoms with Crippen LogP contribution in [0, 0.1) is 11.6 Å². The van der Waals surface area contributed by atoms with E-state index < -0.39 is 29.2 Å². The zero-order valence-corrected chi connectivity index (χ0v) is 17.3. The number of nitrogens with one attached hydrogen (secondary N) is 1. The fraction of sp³-hybridized carbons (Fsp3) is 0.409. The van der Waals surface area contributed by atoms with Gasteiger partial charge in [0.2, 0.25) is 5.43 Å². The molecule has 0 spiro atoms. The maximum Gasteiger partial charge on any atom is 0.276 e. The Balaban J connectivity index is 1.46. The topological polar surface area (TPSA) is 89.9 Å². The van der Waals surface area contributed by atoms with Gasteiger partial charge in [0, 0.05) is 30.4 Å². The summed E-state index contributed by atoms with van der Waals surface area (Å²) in [7, 11) is 1.27. The normalized spacial score (nSPS) is 23.5.